The first-order valence-corrected chi connectivity index (χ1v) is 8.44. The Bertz CT molecular complexity index is 762. The number of nitrogens with zero attached hydrogens (tertiary/aromatic N) is 4. The normalized spacial score (nSPS) is 13.0. The van der Waals surface area contributed by atoms with E-state index in [1.54, 1.807) is 14.2 Å². The molecule has 1 aromatic heterocycles. The Morgan fingerprint density at radius 1 is 1.31 bits per heavy atom. The second-order valence-electron chi connectivity index (χ2n) is 5.64. The molecule has 2 N–H and O–H groups in total. The summed E-state index contributed by atoms with van der Waals surface area (Å²) in [6, 6.07) is 5.69. The average molecular weight is 472 g/mol. The number of rotatable bonds is 6. The van der Waals surface area contributed by atoms with Gasteiger partial charge in [0, 0.05) is 31.8 Å². The molecule has 0 bridgehead atoms. The number of halogens is 1. The number of guanidine groups is 1. The number of aromatic nitrogens is 3. The lowest BCUT2D eigenvalue weighted by Crippen LogP contribution is -2.31. The molecule has 26 heavy (non-hydrogen) atoms. The van der Waals surface area contributed by atoms with Crippen molar-refractivity contribution in [2.75, 3.05) is 26.1 Å². The number of nitrogens with one attached hydrogen (secondary N) is 2. The first-order valence-electron chi connectivity index (χ1n) is 8.44. The van der Waals surface area contributed by atoms with Crippen molar-refractivity contribution in [2.45, 2.75) is 32.9 Å². The maximum atomic E-state index is 5.54. The maximum Gasteiger partial charge on any atom is 0.195 e. The zero-order chi connectivity index (χ0) is 17.6. The fraction of sp³-hybridized carbons (Fsp3) is 0.471. The van der Waals surface area contributed by atoms with Gasteiger partial charge in [-0.05, 0) is 25.5 Å². The topological polar surface area (TPSA) is 85.6 Å². The monoisotopic (exact) mass is 472 g/mol. The van der Waals surface area contributed by atoms with Crippen molar-refractivity contribution in [1.82, 2.24) is 20.1 Å². The maximum absolute atomic E-state index is 5.54. The first-order chi connectivity index (χ1) is 12.2. The van der Waals surface area contributed by atoms with Crippen LogP contribution in [0.15, 0.2) is 23.2 Å². The standard InChI is InChI=1S/C17H24N6O2.HI/c1-4-25-13-8-7-12(10-14(13)24-3)20-17(18-2)19-11-16-22-21-15-6-5-9-23(15)16;/h7-8,10H,4-6,9,11H2,1-3H3,(H2,18,19,20);1H. The molecule has 0 radical (unpaired) electrons. The Hall–Kier alpha value is -2.04. The highest BCUT2D eigenvalue weighted by atomic mass is 127. The van der Waals surface area contributed by atoms with E-state index < -0.39 is 0 Å². The van der Waals surface area contributed by atoms with Crippen molar-refractivity contribution < 1.29 is 9.47 Å². The summed E-state index contributed by atoms with van der Waals surface area (Å²) < 4.78 is 13.1. The van der Waals surface area contributed by atoms with E-state index in [0.717, 1.165) is 42.5 Å². The van der Waals surface area contributed by atoms with Gasteiger partial charge in [0.05, 0.1) is 20.3 Å². The fourth-order valence-electron chi connectivity index (χ4n) is 2.84. The van der Waals surface area contributed by atoms with Crippen LogP contribution in [0.5, 0.6) is 11.5 Å². The Labute approximate surface area is 170 Å². The smallest absolute Gasteiger partial charge is 0.195 e. The lowest BCUT2D eigenvalue weighted by atomic mass is 10.2. The zero-order valence-electron chi connectivity index (χ0n) is 15.3. The molecule has 0 atom stereocenters. The van der Waals surface area contributed by atoms with Crippen LogP contribution in [0.4, 0.5) is 5.69 Å². The second kappa shape index (κ2) is 9.60. The van der Waals surface area contributed by atoms with Crippen LogP contribution in [0.1, 0.15) is 25.0 Å². The number of hydrogen-bond acceptors (Lipinski definition) is 5. The summed E-state index contributed by atoms with van der Waals surface area (Å²) in [6.07, 6.45) is 2.14. The molecule has 0 fully saturated rings. The van der Waals surface area contributed by atoms with Gasteiger partial charge >= 0.3 is 0 Å². The van der Waals surface area contributed by atoms with Gasteiger partial charge in [0.2, 0.25) is 0 Å². The highest BCUT2D eigenvalue weighted by molar-refractivity contribution is 14.0. The van der Waals surface area contributed by atoms with Crippen LogP contribution in [0.3, 0.4) is 0 Å². The summed E-state index contributed by atoms with van der Waals surface area (Å²) in [7, 11) is 3.36. The number of ether oxygens (including phenoxy) is 2. The van der Waals surface area contributed by atoms with Crippen molar-refractivity contribution in [3.05, 3.63) is 29.8 Å². The molecule has 3 rings (SSSR count). The van der Waals surface area contributed by atoms with E-state index in [2.05, 4.69) is 30.4 Å². The largest absolute Gasteiger partial charge is 0.493 e. The van der Waals surface area contributed by atoms with Gasteiger partial charge in [0.25, 0.3) is 0 Å². The van der Waals surface area contributed by atoms with Crippen LogP contribution < -0.4 is 20.1 Å². The number of aryl methyl sites for hydroxylation is 1. The number of methoxy groups -OCH3 is 1. The lowest BCUT2D eigenvalue weighted by molar-refractivity contribution is 0.311. The number of aliphatic imine (C=N–C) groups is 1. The molecule has 2 heterocycles. The molecule has 0 aliphatic carbocycles. The Balaban J connectivity index is 0.00000243. The highest BCUT2D eigenvalue weighted by Crippen LogP contribution is 2.30. The van der Waals surface area contributed by atoms with Crippen LogP contribution in [-0.2, 0) is 19.5 Å². The third-order valence-corrected chi connectivity index (χ3v) is 4.05. The summed E-state index contributed by atoms with van der Waals surface area (Å²) in [5, 5.41) is 15.0. The first kappa shape index (κ1) is 20.3. The van der Waals surface area contributed by atoms with E-state index in [0.29, 0.717) is 24.9 Å². The third-order valence-electron chi connectivity index (χ3n) is 4.05. The molecule has 1 aliphatic heterocycles. The molecular formula is C17H25IN6O2. The Morgan fingerprint density at radius 3 is 2.88 bits per heavy atom. The number of hydrogen-bond donors (Lipinski definition) is 2. The van der Waals surface area contributed by atoms with E-state index >= 15 is 0 Å². The number of benzene rings is 1. The summed E-state index contributed by atoms with van der Waals surface area (Å²) in [5.41, 5.74) is 0.861. The van der Waals surface area contributed by atoms with Gasteiger partial charge in [-0.1, -0.05) is 0 Å². The average Bonchev–Trinajstić information content (AvgIpc) is 3.24. The van der Waals surface area contributed by atoms with Gasteiger partial charge in [0.1, 0.15) is 5.82 Å². The molecule has 0 spiro atoms. The predicted molar refractivity (Wildman–Crippen MR) is 112 cm³/mol. The number of fused-ring (bicyclic) bond motifs is 1. The summed E-state index contributed by atoms with van der Waals surface area (Å²) in [6.45, 7) is 4.09. The van der Waals surface area contributed by atoms with Crippen molar-refractivity contribution in [3.63, 3.8) is 0 Å². The predicted octanol–water partition coefficient (Wildman–Crippen LogP) is 2.44. The molecule has 0 saturated heterocycles. The minimum atomic E-state index is 0. The molecule has 142 valence electrons. The fourth-order valence-corrected chi connectivity index (χ4v) is 2.84. The molecule has 1 aliphatic rings. The molecule has 0 amide bonds. The van der Waals surface area contributed by atoms with Crippen LogP contribution in [0.25, 0.3) is 0 Å². The lowest BCUT2D eigenvalue weighted by Gasteiger charge is -2.14. The second-order valence-corrected chi connectivity index (χ2v) is 5.64. The minimum Gasteiger partial charge on any atom is -0.493 e. The van der Waals surface area contributed by atoms with E-state index in [1.165, 1.54) is 0 Å². The van der Waals surface area contributed by atoms with Gasteiger partial charge in [-0.25, -0.2) is 0 Å². The summed E-state index contributed by atoms with van der Waals surface area (Å²) in [5.74, 6) is 4.05. The van der Waals surface area contributed by atoms with Crippen LogP contribution in [0.2, 0.25) is 0 Å². The quantitative estimate of drug-likeness (QED) is 0.382. The highest BCUT2D eigenvalue weighted by Gasteiger charge is 2.17. The Kier molecular flexibility index (Phi) is 7.49. The Morgan fingerprint density at radius 2 is 2.15 bits per heavy atom. The minimum absolute atomic E-state index is 0. The van der Waals surface area contributed by atoms with Crippen LogP contribution in [-0.4, -0.2) is 41.5 Å². The van der Waals surface area contributed by atoms with Crippen molar-refractivity contribution >= 4 is 35.6 Å². The van der Waals surface area contributed by atoms with Crippen LogP contribution in [0, 0.1) is 0 Å². The molecule has 9 heteroatoms. The van der Waals surface area contributed by atoms with Crippen molar-refractivity contribution in [3.8, 4) is 11.5 Å². The van der Waals surface area contributed by atoms with Crippen LogP contribution >= 0.6 is 24.0 Å². The van der Waals surface area contributed by atoms with E-state index in [1.807, 2.05) is 25.1 Å². The molecule has 8 nitrogen and oxygen atoms in total. The molecular weight excluding hydrogens is 447 g/mol. The van der Waals surface area contributed by atoms with E-state index in [4.69, 9.17) is 9.47 Å². The number of anilines is 1. The van der Waals surface area contributed by atoms with Gasteiger partial charge < -0.3 is 24.7 Å². The van der Waals surface area contributed by atoms with Gasteiger partial charge in [0.15, 0.2) is 23.3 Å². The van der Waals surface area contributed by atoms with E-state index in [-0.39, 0.29) is 24.0 Å². The zero-order valence-corrected chi connectivity index (χ0v) is 17.6. The molecule has 0 unspecified atom stereocenters. The SMILES string of the molecule is CCOc1ccc(NC(=NC)NCc2nnc3n2CCC3)cc1OC.I. The van der Waals surface area contributed by atoms with Gasteiger partial charge in [-0.15, -0.1) is 34.2 Å². The molecule has 0 saturated carbocycles. The van der Waals surface area contributed by atoms with E-state index in [9.17, 15) is 0 Å². The van der Waals surface area contributed by atoms with Gasteiger partial charge in [-0.3, -0.25) is 4.99 Å². The third kappa shape index (κ3) is 4.57. The van der Waals surface area contributed by atoms with Crippen molar-refractivity contribution in [2.24, 2.45) is 4.99 Å². The summed E-state index contributed by atoms with van der Waals surface area (Å²) in [4.78, 5) is 4.26. The van der Waals surface area contributed by atoms with Crippen molar-refractivity contribution in [1.29, 1.82) is 0 Å². The molecule has 2 aromatic rings. The van der Waals surface area contributed by atoms with Gasteiger partial charge in [-0.2, -0.15) is 0 Å². The summed E-state index contributed by atoms with van der Waals surface area (Å²) >= 11 is 0. The molecule has 1 aromatic carbocycles.